The van der Waals surface area contributed by atoms with Gasteiger partial charge in [0, 0.05) is 0 Å². The van der Waals surface area contributed by atoms with Crippen molar-refractivity contribution in [1.29, 1.82) is 0 Å². The number of hydrogen-bond donors (Lipinski definition) is 0. The third kappa shape index (κ3) is 4.39. The van der Waals surface area contributed by atoms with E-state index in [2.05, 4.69) is 2.69 Å². The summed E-state index contributed by atoms with van der Waals surface area (Å²) in [5, 5.41) is 0. The molecule has 0 saturated carbocycles. The number of hydrogen-bond acceptors (Lipinski definition) is 2. The number of carbonyl (C=O) groups is 1. The van der Waals surface area contributed by atoms with E-state index >= 15 is 0 Å². The first-order valence-corrected chi connectivity index (χ1v) is 4.49. The second-order valence-corrected chi connectivity index (χ2v) is 2.28. The summed E-state index contributed by atoms with van der Waals surface area (Å²) in [7, 11) is 0. The summed E-state index contributed by atoms with van der Waals surface area (Å²) in [5.74, 6) is -0.147. The molecule has 3 heteroatoms. The average Bonchev–Trinajstić information content (AvgIpc) is 1.38. The third-order valence-corrected chi connectivity index (χ3v) is 2.52. The van der Waals surface area contributed by atoms with Gasteiger partial charge in [0.25, 0.3) is 0 Å². The second kappa shape index (κ2) is 2.62. The quantitative estimate of drug-likeness (QED) is 0.518. The monoisotopic (exact) mass is 270 g/mol. The first-order valence-electron chi connectivity index (χ1n) is 1.32. The molecule has 0 rings (SSSR count). The summed E-state index contributed by atoms with van der Waals surface area (Å²) in [5.41, 5.74) is 0. The van der Waals surface area contributed by atoms with Crippen LogP contribution in [0, 0.1) is 0 Å². The van der Waals surface area contributed by atoms with Crippen LogP contribution in [-0.4, -0.2) is 32.2 Å². The van der Waals surface area contributed by atoms with E-state index < -0.39 is 0 Å². The Morgan fingerprint density at radius 2 is 2.20 bits per heavy atom. The molecule has 0 aromatic carbocycles. The Morgan fingerprint density at radius 3 is 2.20 bits per heavy atom. The molecule has 0 amide bonds. The Bertz CT molecular complexity index is 42.9. The first kappa shape index (κ1) is 5.39. The molecular formula is C2H6O2Pb. The molecule has 0 unspecified atom stereocenters. The fraction of sp³-hybridized carbons (Fsp3) is 0.500. The van der Waals surface area contributed by atoms with Gasteiger partial charge in [-0.3, -0.25) is 0 Å². The van der Waals surface area contributed by atoms with Crippen molar-refractivity contribution in [3.63, 3.8) is 0 Å². The van der Waals surface area contributed by atoms with Crippen molar-refractivity contribution in [2.24, 2.45) is 0 Å². The molecule has 0 spiro atoms. The summed E-state index contributed by atoms with van der Waals surface area (Å²) >= 11 is 0.0285. The van der Waals surface area contributed by atoms with E-state index in [1.54, 1.807) is 0 Å². The van der Waals surface area contributed by atoms with E-state index in [0.717, 1.165) is 0 Å². The number of rotatable bonds is 0. The summed E-state index contributed by atoms with van der Waals surface area (Å²) < 4.78 is 4.33. The summed E-state index contributed by atoms with van der Waals surface area (Å²) in [6, 6.07) is 0. The molecule has 30 valence electrons. The average molecular weight is 269 g/mol. The summed E-state index contributed by atoms with van der Waals surface area (Å²) in [6.07, 6.45) is 0. The van der Waals surface area contributed by atoms with Gasteiger partial charge in [0.2, 0.25) is 0 Å². The van der Waals surface area contributed by atoms with Crippen LogP contribution in [0.25, 0.3) is 0 Å². The Morgan fingerprint density at radius 1 is 2.00 bits per heavy atom. The molecule has 0 N–H and O–H groups in total. The molecule has 2 nitrogen and oxygen atoms in total. The summed E-state index contributed by atoms with van der Waals surface area (Å²) in [4.78, 5) is 9.65. The van der Waals surface area contributed by atoms with Crippen LogP contribution in [0.1, 0.15) is 6.92 Å². The van der Waals surface area contributed by atoms with Crippen LogP contribution < -0.4 is 0 Å². The first-order chi connectivity index (χ1) is 2.27. The SMILES string of the molecule is CC(=O)[O][PbH3]. The molecule has 0 aromatic rings. The van der Waals surface area contributed by atoms with Crippen LogP contribution in [0.4, 0.5) is 0 Å². The predicted octanol–water partition coefficient (Wildman–Crippen LogP) is -1.17. The van der Waals surface area contributed by atoms with Crippen LogP contribution in [0.2, 0.25) is 0 Å². The van der Waals surface area contributed by atoms with Crippen molar-refractivity contribution in [2.75, 3.05) is 0 Å². The fourth-order valence-electron chi connectivity index (χ4n) is 0. The van der Waals surface area contributed by atoms with Gasteiger partial charge >= 0.3 is 46.6 Å². The molecule has 0 aliphatic carbocycles. The van der Waals surface area contributed by atoms with Crippen molar-refractivity contribution in [2.45, 2.75) is 6.92 Å². The molecule has 0 heterocycles. The van der Waals surface area contributed by atoms with Crippen molar-refractivity contribution < 1.29 is 7.48 Å². The maximum atomic E-state index is 9.65. The normalized spacial score (nSPS) is 7.40. The molecule has 0 atom stereocenters. The molecule has 0 aromatic heterocycles. The van der Waals surface area contributed by atoms with Crippen molar-refractivity contribution in [3.8, 4) is 0 Å². The Balaban J connectivity index is 2.85. The van der Waals surface area contributed by atoms with Crippen LogP contribution in [0.3, 0.4) is 0 Å². The standard InChI is InChI=1S/C2H4O2.Pb.3H/c1-2(3)4;;;;/h1H3,(H,3,4);;;;/q;+1;;;/p-1. The zero-order chi connectivity index (χ0) is 4.28. The molecule has 0 fully saturated rings. The topological polar surface area (TPSA) is 26.3 Å². The van der Waals surface area contributed by atoms with Crippen LogP contribution in [-0.2, 0) is 7.48 Å². The van der Waals surface area contributed by atoms with Crippen LogP contribution >= 0.6 is 0 Å². The second-order valence-electron chi connectivity index (χ2n) is 0.696. The van der Waals surface area contributed by atoms with Gasteiger partial charge in [0.1, 0.15) is 0 Å². The number of carbonyl (C=O) groups excluding carboxylic acids is 1. The predicted molar refractivity (Wildman–Crippen MR) is 21.7 cm³/mol. The molecule has 0 saturated heterocycles. The van der Waals surface area contributed by atoms with Gasteiger partial charge in [0.05, 0.1) is 0 Å². The van der Waals surface area contributed by atoms with Crippen molar-refractivity contribution >= 4 is 32.2 Å². The molecule has 0 bridgehead atoms. The van der Waals surface area contributed by atoms with E-state index in [9.17, 15) is 4.79 Å². The molecular weight excluding hydrogens is 263 g/mol. The van der Waals surface area contributed by atoms with Crippen LogP contribution in [0.15, 0.2) is 0 Å². The van der Waals surface area contributed by atoms with Gasteiger partial charge in [-0.05, 0) is 0 Å². The van der Waals surface area contributed by atoms with Gasteiger partial charge < -0.3 is 0 Å². The summed E-state index contributed by atoms with van der Waals surface area (Å²) in [6.45, 7) is 1.42. The van der Waals surface area contributed by atoms with Gasteiger partial charge in [-0.25, -0.2) is 0 Å². The Labute approximate surface area is 46.8 Å². The van der Waals surface area contributed by atoms with Gasteiger partial charge in [-0.15, -0.1) is 0 Å². The molecule has 0 radical (unpaired) electrons. The van der Waals surface area contributed by atoms with Gasteiger partial charge in [-0.2, -0.15) is 0 Å². The maximum absolute atomic E-state index is 9.65. The van der Waals surface area contributed by atoms with Crippen molar-refractivity contribution in [1.82, 2.24) is 0 Å². The minimum atomic E-state index is -0.147. The molecule has 0 aliphatic heterocycles. The zero-order valence-electron chi connectivity index (χ0n) is 3.32. The van der Waals surface area contributed by atoms with Crippen LogP contribution in [0.5, 0.6) is 0 Å². The van der Waals surface area contributed by atoms with Gasteiger partial charge in [0.15, 0.2) is 0 Å². The van der Waals surface area contributed by atoms with Gasteiger partial charge in [-0.1, -0.05) is 0 Å². The van der Waals surface area contributed by atoms with Crippen molar-refractivity contribution in [3.05, 3.63) is 0 Å². The third-order valence-electron chi connectivity index (χ3n) is 0.287. The van der Waals surface area contributed by atoms with E-state index in [-0.39, 0.29) is 32.2 Å². The van der Waals surface area contributed by atoms with E-state index in [0.29, 0.717) is 0 Å². The molecule has 0 aliphatic rings. The van der Waals surface area contributed by atoms with E-state index in [1.807, 2.05) is 0 Å². The fourth-order valence-corrected chi connectivity index (χ4v) is 0. The minimum absolute atomic E-state index is 0.0285. The Hall–Kier alpha value is 0.392. The van der Waals surface area contributed by atoms with E-state index in [1.165, 1.54) is 6.92 Å². The molecule has 5 heavy (non-hydrogen) atoms. The van der Waals surface area contributed by atoms with E-state index in [4.69, 9.17) is 0 Å². The zero-order valence-corrected chi connectivity index (χ0v) is 11.1. The Kier molecular flexibility index (Phi) is 2.83.